The van der Waals surface area contributed by atoms with Gasteiger partial charge in [0.2, 0.25) is 0 Å². The van der Waals surface area contributed by atoms with Crippen molar-refractivity contribution in [2.45, 2.75) is 5.97 Å². The fourth-order valence-electron chi connectivity index (χ4n) is 2.89. The van der Waals surface area contributed by atoms with Crippen LogP contribution in [-0.2, 0) is 15.4 Å². The Balaban J connectivity index is 0.000000523. The molecular weight excluding hydrogens is 476 g/mol. The van der Waals surface area contributed by atoms with Crippen molar-refractivity contribution in [3.05, 3.63) is 144 Å². The van der Waals surface area contributed by atoms with E-state index in [4.69, 9.17) is 14.6 Å². The summed E-state index contributed by atoms with van der Waals surface area (Å²) in [5.74, 6) is -2.43. The second-order valence-electron chi connectivity index (χ2n) is 7.09. The topological polar surface area (TPSA) is 156 Å². The van der Waals surface area contributed by atoms with Crippen LogP contribution in [0.3, 0.4) is 0 Å². The molecule has 0 aromatic heterocycles. The van der Waals surface area contributed by atoms with Crippen LogP contribution in [0.5, 0.6) is 0 Å². The lowest BCUT2D eigenvalue weighted by molar-refractivity contribution is -0.352. The van der Waals surface area contributed by atoms with Crippen molar-refractivity contribution in [2.75, 3.05) is 14.2 Å². The van der Waals surface area contributed by atoms with E-state index in [1.807, 2.05) is 66.7 Å². The molecule has 0 aliphatic carbocycles. The molecule has 0 spiro atoms. The molecule has 0 fully saturated rings. The van der Waals surface area contributed by atoms with Crippen LogP contribution in [0.1, 0.15) is 31.8 Å². The zero-order valence-electron chi connectivity index (χ0n) is 20.6. The number of aliphatic hydroxyl groups is 1. The summed E-state index contributed by atoms with van der Waals surface area (Å²) < 4.78 is 9.61. The molecule has 6 N–H and O–H groups in total. The SMILES string of the molecule is COC(O)(OC)c1ccccc1.O.O.O=C(O)c1ccccc1.O=C(c1ccccc1)c1ccccc1. The van der Waals surface area contributed by atoms with Crippen LogP contribution in [0.4, 0.5) is 0 Å². The number of carbonyl (C=O) groups excluding carboxylic acids is 1. The van der Waals surface area contributed by atoms with Crippen LogP contribution >= 0.6 is 0 Å². The van der Waals surface area contributed by atoms with Gasteiger partial charge in [0, 0.05) is 30.9 Å². The minimum Gasteiger partial charge on any atom is -0.478 e. The van der Waals surface area contributed by atoms with E-state index in [-0.39, 0.29) is 16.7 Å². The van der Waals surface area contributed by atoms with Crippen molar-refractivity contribution in [1.82, 2.24) is 0 Å². The van der Waals surface area contributed by atoms with Crippen molar-refractivity contribution in [2.24, 2.45) is 0 Å². The molecule has 37 heavy (non-hydrogen) atoms. The van der Waals surface area contributed by atoms with Gasteiger partial charge in [-0.05, 0) is 12.1 Å². The highest BCUT2D eigenvalue weighted by atomic mass is 16.8. The fourth-order valence-corrected chi connectivity index (χ4v) is 2.89. The number of ether oxygens (including phenoxy) is 2. The molecule has 196 valence electrons. The average molecular weight is 509 g/mol. The van der Waals surface area contributed by atoms with E-state index in [0.29, 0.717) is 11.1 Å². The van der Waals surface area contributed by atoms with E-state index in [1.165, 1.54) is 14.2 Å². The lowest BCUT2D eigenvalue weighted by Gasteiger charge is -2.24. The van der Waals surface area contributed by atoms with E-state index in [0.717, 1.165) is 11.1 Å². The number of ketones is 1. The number of hydrogen-bond acceptors (Lipinski definition) is 5. The predicted octanol–water partition coefficient (Wildman–Crippen LogP) is 3.74. The number of methoxy groups -OCH3 is 2. The Bertz CT molecular complexity index is 1110. The van der Waals surface area contributed by atoms with Gasteiger partial charge in [-0.25, -0.2) is 4.79 Å². The fraction of sp³-hybridized carbons (Fsp3) is 0.103. The molecule has 8 nitrogen and oxygen atoms in total. The Morgan fingerprint density at radius 2 is 0.865 bits per heavy atom. The van der Waals surface area contributed by atoms with Crippen molar-refractivity contribution in [1.29, 1.82) is 0 Å². The number of aromatic carboxylic acids is 1. The summed E-state index contributed by atoms with van der Waals surface area (Å²) in [5.41, 5.74) is 2.38. The van der Waals surface area contributed by atoms with Crippen LogP contribution in [0.2, 0.25) is 0 Å². The van der Waals surface area contributed by atoms with Gasteiger partial charge in [0.25, 0.3) is 0 Å². The lowest BCUT2D eigenvalue weighted by atomic mass is 10.0. The molecule has 0 aliphatic rings. The summed E-state index contributed by atoms with van der Waals surface area (Å²) in [6, 6.07) is 35.8. The Morgan fingerprint density at radius 1 is 0.568 bits per heavy atom. The molecule has 0 unspecified atom stereocenters. The second kappa shape index (κ2) is 17.3. The highest BCUT2D eigenvalue weighted by Crippen LogP contribution is 2.21. The molecule has 0 saturated carbocycles. The molecular formula is C29H32O8. The van der Waals surface area contributed by atoms with Crippen LogP contribution in [0.25, 0.3) is 0 Å². The molecule has 0 atom stereocenters. The molecule has 0 bridgehead atoms. The molecule has 0 amide bonds. The lowest BCUT2D eigenvalue weighted by Crippen LogP contribution is -2.29. The molecule has 4 aromatic rings. The first-order valence-electron chi connectivity index (χ1n) is 10.7. The molecule has 4 rings (SSSR count). The van der Waals surface area contributed by atoms with Gasteiger partial charge in [0.05, 0.1) is 5.56 Å². The first-order valence-corrected chi connectivity index (χ1v) is 10.7. The minimum atomic E-state index is -1.62. The van der Waals surface area contributed by atoms with Crippen molar-refractivity contribution in [3.63, 3.8) is 0 Å². The molecule has 0 radical (unpaired) electrons. The zero-order valence-corrected chi connectivity index (χ0v) is 20.6. The van der Waals surface area contributed by atoms with Gasteiger partial charge in [0.1, 0.15) is 0 Å². The van der Waals surface area contributed by atoms with Gasteiger partial charge in [-0.3, -0.25) is 4.79 Å². The molecule has 4 aromatic carbocycles. The maximum atomic E-state index is 11.8. The second-order valence-corrected chi connectivity index (χ2v) is 7.09. The van der Waals surface area contributed by atoms with Crippen LogP contribution in [0, 0.1) is 0 Å². The Labute approximate surface area is 216 Å². The summed E-state index contributed by atoms with van der Waals surface area (Å²) in [6.45, 7) is 0. The number of carboxylic acid groups (broad SMARTS) is 1. The van der Waals surface area contributed by atoms with Crippen LogP contribution in [-0.4, -0.2) is 47.1 Å². The quantitative estimate of drug-likeness (QED) is 0.298. The van der Waals surface area contributed by atoms with Crippen molar-refractivity contribution >= 4 is 11.8 Å². The van der Waals surface area contributed by atoms with Gasteiger partial charge < -0.3 is 30.6 Å². The summed E-state index contributed by atoms with van der Waals surface area (Å²) in [4.78, 5) is 22.0. The van der Waals surface area contributed by atoms with Crippen molar-refractivity contribution < 1.29 is 40.2 Å². The number of carbonyl (C=O) groups is 2. The summed E-state index contributed by atoms with van der Waals surface area (Å²) in [5, 5.41) is 18.0. The summed E-state index contributed by atoms with van der Waals surface area (Å²) in [7, 11) is 2.77. The molecule has 0 heterocycles. The number of benzene rings is 4. The van der Waals surface area contributed by atoms with Crippen LogP contribution < -0.4 is 0 Å². The van der Waals surface area contributed by atoms with Gasteiger partial charge in [-0.1, -0.05) is 109 Å². The third kappa shape index (κ3) is 10.5. The summed E-state index contributed by atoms with van der Waals surface area (Å²) >= 11 is 0. The molecule has 8 heteroatoms. The molecule has 0 aliphatic heterocycles. The maximum absolute atomic E-state index is 11.8. The average Bonchev–Trinajstić information content (AvgIpc) is 2.95. The van der Waals surface area contributed by atoms with Gasteiger partial charge >= 0.3 is 11.9 Å². The third-order valence-corrected chi connectivity index (χ3v) is 4.78. The van der Waals surface area contributed by atoms with Gasteiger partial charge in [0.15, 0.2) is 5.78 Å². The summed E-state index contributed by atoms with van der Waals surface area (Å²) in [6.07, 6.45) is 0. The first-order chi connectivity index (χ1) is 16.9. The smallest absolute Gasteiger partial charge is 0.335 e. The molecule has 0 saturated heterocycles. The van der Waals surface area contributed by atoms with E-state index in [2.05, 4.69) is 0 Å². The number of rotatable bonds is 6. The largest absolute Gasteiger partial charge is 0.478 e. The number of hydrogen-bond donors (Lipinski definition) is 2. The van der Waals surface area contributed by atoms with E-state index in [9.17, 15) is 14.7 Å². The van der Waals surface area contributed by atoms with E-state index < -0.39 is 11.9 Å². The van der Waals surface area contributed by atoms with Crippen LogP contribution in [0.15, 0.2) is 121 Å². The first kappa shape index (κ1) is 32.8. The minimum absolute atomic E-state index is 0. The monoisotopic (exact) mass is 508 g/mol. The Kier molecular flexibility index (Phi) is 15.3. The normalized spacial score (nSPS) is 9.59. The standard InChI is InChI=1S/C13H10O.C9H12O3.C7H6O2.2H2O/c14-13(11-7-3-1-4-8-11)12-9-5-2-6-10-12;1-11-9(10,12-2)8-6-4-3-5-7-8;8-7(9)6-4-2-1-3-5-6;;/h1-10H;3-7,10H,1-2H3;1-5H,(H,8,9);2*1H2. The van der Waals surface area contributed by atoms with E-state index >= 15 is 0 Å². The van der Waals surface area contributed by atoms with Crippen molar-refractivity contribution in [3.8, 4) is 0 Å². The van der Waals surface area contributed by atoms with Gasteiger partial charge in [-0.15, -0.1) is 0 Å². The third-order valence-electron chi connectivity index (χ3n) is 4.78. The van der Waals surface area contributed by atoms with Gasteiger partial charge in [-0.2, -0.15) is 0 Å². The number of carboxylic acids is 1. The Morgan fingerprint density at radius 3 is 1.14 bits per heavy atom. The zero-order chi connectivity index (χ0) is 25.5. The highest BCUT2D eigenvalue weighted by molar-refractivity contribution is 6.08. The maximum Gasteiger partial charge on any atom is 0.335 e. The highest BCUT2D eigenvalue weighted by Gasteiger charge is 2.28. The Hall–Kier alpha value is -4.18. The van der Waals surface area contributed by atoms with E-state index in [1.54, 1.807) is 54.6 Å². The predicted molar refractivity (Wildman–Crippen MR) is 141 cm³/mol.